The van der Waals surface area contributed by atoms with Crippen LogP contribution in [0.25, 0.3) is 0 Å². The molecular weight excluding hydrogens is 228 g/mol. The van der Waals surface area contributed by atoms with E-state index in [1.54, 1.807) is 4.90 Å². The summed E-state index contributed by atoms with van der Waals surface area (Å²) in [5.41, 5.74) is 1.83. The molecule has 1 fully saturated rings. The Morgan fingerprint density at radius 1 is 1.50 bits per heavy atom. The Kier molecular flexibility index (Phi) is 4.33. The van der Waals surface area contributed by atoms with E-state index in [0.29, 0.717) is 19.5 Å². The molecule has 1 saturated heterocycles. The number of nitrogens with one attached hydrogen (secondary N) is 1. The molecule has 1 atom stereocenters. The summed E-state index contributed by atoms with van der Waals surface area (Å²) in [7, 11) is 1.90. The molecule has 1 aliphatic rings. The molecule has 0 radical (unpaired) electrons. The third-order valence-electron chi connectivity index (χ3n) is 3.34. The molecule has 1 aromatic carbocycles. The topological polar surface area (TPSA) is 52.6 Å². The number of likely N-dealkylation sites (tertiary alicyclic amines) is 1. The zero-order chi connectivity index (χ0) is 13.0. The number of carbonyl (C=O) groups excluding carboxylic acids is 1. The van der Waals surface area contributed by atoms with Gasteiger partial charge in [-0.2, -0.15) is 0 Å². The van der Waals surface area contributed by atoms with Gasteiger partial charge in [0, 0.05) is 18.7 Å². The van der Waals surface area contributed by atoms with Crippen LogP contribution in [0, 0.1) is 0 Å². The van der Waals surface area contributed by atoms with Gasteiger partial charge in [-0.05, 0) is 38.1 Å². The second-order valence-corrected chi connectivity index (χ2v) is 4.70. The van der Waals surface area contributed by atoms with Crippen LogP contribution in [-0.2, 0) is 6.42 Å². The number of hydrogen-bond acceptors (Lipinski definition) is 3. The number of amides is 1. The maximum atomic E-state index is 12.4. The molecule has 1 heterocycles. The number of likely N-dealkylation sites (N-methyl/N-ethyl adjacent to an activating group) is 1. The zero-order valence-corrected chi connectivity index (χ0v) is 10.7. The minimum absolute atomic E-state index is 0.0400. The number of aliphatic hydroxyl groups is 1. The van der Waals surface area contributed by atoms with Crippen LogP contribution in [0.4, 0.5) is 0 Å². The van der Waals surface area contributed by atoms with Crippen molar-refractivity contribution in [2.24, 2.45) is 0 Å². The van der Waals surface area contributed by atoms with E-state index >= 15 is 0 Å². The van der Waals surface area contributed by atoms with Gasteiger partial charge in [-0.1, -0.05) is 18.2 Å². The van der Waals surface area contributed by atoms with Gasteiger partial charge in [0.1, 0.15) is 0 Å². The first-order chi connectivity index (χ1) is 8.72. The lowest BCUT2D eigenvalue weighted by Crippen LogP contribution is -2.30. The molecule has 0 aromatic heterocycles. The van der Waals surface area contributed by atoms with Gasteiger partial charge in [0.2, 0.25) is 0 Å². The number of nitrogens with zero attached hydrogens (tertiary/aromatic N) is 1. The van der Waals surface area contributed by atoms with Crippen molar-refractivity contribution in [3.05, 3.63) is 35.4 Å². The van der Waals surface area contributed by atoms with Gasteiger partial charge >= 0.3 is 0 Å². The molecule has 1 amide bonds. The van der Waals surface area contributed by atoms with Crippen molar-refractivity contribution in [1.29, 1.82) is 0 Å². The van der Waals surface area contributed by atoms with Crippen LogP contribution in [0.1, 0.15) is 22.3 Å². The van der Waals surface area contributed by atoms with Crippen LogP contribution in [0.2, 0.25) is 0 Å². The van der Waals surface area contributed by atoms with Crippen LogP contribution in [0.5, 0.6) is 0 Å². The Labute approximate surface area is 108 Å². The van der Waals surface area contributed by atoms with Gasteiger partial charge in [0.25, 0.3) is 5.91 Å². The van der Waals surface area contributed by atoms with E-state index in [-0.39, 0.29) is 12.0 Å². The lowest BCUT2D eigenvalue weighted by atomic mass is 10.0. The molecule has 4 nitrogen and oxygen atoms in total. The Morgan fingerprint density at radius 2 is 2.28 bits per heavy atom. The van der Waals surface area contributed by atoms with Crippen molar-refractivity contribution in [3.63, 3.8) is 0 Å². The molecule has 98 valence electrons. The molecule has 1 unspecified atom stereocenters. The van der Waals surface area contributed by atoms with Crippen LogP contribution in [-0.4, -0.2) is 48.7 Å². The van der Waals surface area contributed by atoms with Crippen molar-refractivity contribution in [1.82, 2.24) is 10.2 Å². The number of benzene rings is 1. The number of β-amino-alcohol motifs (C(OH)–C–C–N with tert-alkyl or cyclic N) is 1. The first-order valence-electron chi connectivity index (χ1n) is 6.42. The van der Waals surface area contributed by atoms with E-state index in [9.17, 15) is 9.90 Å². The van der Waals surface area contributed by atoms with E-state index in [1.807, 2.05) is 31.3 Å². The average molecular weight is 248 g/mol. The molecule has 0 saturated carbocycles. The van der Waals surface area contributed by atoms with E-state index in [4.69, 9.17) is 0 Å². The first kappa shape index (κ1) is 13.1. The third kappa shape index (κ3) is 2.89. The maximum absolute atomic E-state index is 12.4. The van der Waals surface area contributed by atoms with E-state index in [0.717, 1.165) is 24.1 Å². The summed E-state index contributed by atoms with van der Waals surface area (Å²) in [6, 6.07) is 7.72. The number of rotatable bonds is 4. The number of carbonyl (C=O) groups is 1. The molecular formula is C14H20N2O2. The summed E-state index contributed by atoms with van der Waals surface area (Å²) in [5, 5.41) is 12.6. The molecule has 0 aliphatic carbocycles. The summed E-state index contributed by atoms with van der Waals surface area (Å²) in [6.07, 6.45) is 1.16. The highest BCUT2D eigenvalue weighted by Crippen LogP contribution is 2.17. The SMILES string of the molecule is CNCCc1ccccc1C(=O)N1CCC(O)C1. The quantitative estimate of drug-likeness (QED) is 0.823. The first-order valence-corrected chi connectivity index (χ1v) is 6.42. The van der Waals surface area contributed by atoms with Crippen LogP contribution in [0.15, 0.2) is 24.3 Å². The highest BCUT2D eigenvalue weighted by molar-refractivity contribution is 5.95. The van der Waals surface area contributed by atoms with E-state index < -0.39 is 0 Å². The Morgan fingerprint density at radius 3 is 2.94 bits per heavy atom. The average Bonchev–Trinajstić information content (AvgIpc) is 2.82. The summed E-state index contributed by atoms with van der Waals surface area (Å²) < 4.78 is 0. The van der Waals surface area contributed by atoms with Crippen LogP contribution >= 0.6 is 0 Å². The molecule has 2 rings (SSSR count). The second-order valence-electron chi connectivity index (χ2n) is 4.70. The van der Waals surface area contributed by atoms with Gasteiger partial charge in [-0.3, -0.25) is 4.79 Å². The fourth-order valence-electron chi connectivity index (χ4n) is 2.30. The largest absolute Gasteiger partial charge is 0.391 e. The lowest BCUT2D eigenvalue weighted by molar-refractivity contribution is 0.0764. The number of aliphatic hydroxyl groups excluding tert-OH is 1. The highest BCUT2D eigenvalue weighted by atomic mass is 16.3. The molecule has 18 heavy (non-hydrogen) atoms. The fraction of sp³-hybridized carbons (Fsp3) is 0.500. The monoisotopic (exact) mass is 248 g/mol. The van der Waals surface area contributed by atoms with Crippen molar-refractivity contribution in [3.8, 4) is 0 Å². The van der Waals surface area contributed by atoms with Crippen LogP contribution in [0.3, 0.4) is 0 Å². The van der Waals surface area contributed by atoms with Crippen molar-refractivity contribution >= 4 is 5.91 Å². The van der Waals surface area contributed by atoms with Crippen molar-refractivity contribution in [2.45, 2.75) is 18.9 Å². The molecule has 1 aliphatic heterocycles. The van der Waals surface area contributed by atoms with Gasteiger partial charge in [-0.25, -0.2) is 0 Å². The van der Waals surface area contributed by atoms with Crippen molar-refractivity contribution in [2.75, 3.05) is 26.7 Å². The third-order valence-corrected chi connectivity index (χ3v) is 3.34. The number of hydrogen-bond donors (Lipinski definition) is 2. The summed E-state index contributed by atoms with van der Waals surface area (Å²) in [6.45, 7) is 1.96. The fourth-order valence-corrected chi connectivity index (χ4v) is 2.30. The Bertz CT molecular complexity index is 420. The van der Waals surface area contributed by atoms with E-state index in [2.05, 4.69) is 5.32 Å². The molecule has 2 N–H and O–H groups in total. The minimum Gasteiger partial charge on any atom is -0.391 e. The molecule has 0 spiro atoms. The van der Waals surface area contributed by atoms with Gasteiger partial charge in [0.05, 0.1) is 6.10 Å². The molecule has 0 bridgehead atoms. The summed E-state index contributed by atoms with van der Waals surface area (Å²) in [4.78, 5) is 14.1. The highest BCUT2D eigenvalue weighted by Gasteiger charge is 2.26. The lowest BCUT2D eigenvalue weighted by Gasteiger charge is -2.17. The Hall–Kier alpha value is -1.39. The molecule has 4 heteroatoms. The maximum Gasteiger partial charge on any atom is 0.254 e. The summed E-state index contributed by atoms with van der Waals surface area (Å²) >= 11 is 0. The molecule has 1 aromatic rings. The van der Waals surface area contributed by atoms with Gasteiger partial charge in [-0.15, -0.1) is 0 Å². The smallest absolute Gasteiger partial charge is 0.254 e. The van der Waals surface area contributed by atoms with E-state index in [1.165, 1.54) is 0 Å². The van der Waals surface area contributed by atoms with Gasteiger partial charge in [0.15, 0.2) is 0 Å². The predicted octanol–water partition coefficient (Wildman–Crippen LogP) is 0.655. The normalized spacial score (nSPS) is 19.2. The van der Waals surface area contributed by atoms with Crippen LogP contribution < -0.4 is 5.32 Å². The van der Waals surface area contributed by atoms with Gasteiger partial charge < -0.3 is 15.3 Å². The van der Waals surface area contributed by atoms with Crippen molar-refractivity contribution < 1.29 is 9.90 Å². The summed E-state index contributed by atoms with van der Waals surface area (Å²) in [5.74, 6) is 0.0400. The second kappa shape index (κ2) is 5.98. The predicted molar refractivity (Wildman–Crippen MR) is 70.6 cm³/mol. The standard InChI is InChI=1S/C14H20N2O2/c1-15-8-6-11-4-2-3-5-13(11)14(18)16-9-7-12(17)10-16/h2-5,12,15,17H,6-10H2,1H3. The Balaban J connectivity index is 2.14. The zero-order valence-electron chi connectivity index (χ0n) is 10.7. The minimum atomic E-state index is -0.363.